The summed E-state index contributed by atoms with van der Waals surface area (Å²) in [4.78, 5) is 27.2. The third-order valence-electron chi connectivity index (χ3n) is 4.62. The minimum atomic E-state index is -4.20. The maximum Gasteiger partial charge on any atom is 0.236 e. The molecule has 0 spiro atoms. The maximum absolute atomic E-state index is 14.1. The molecule has 2 aromatic carbocycles. The lowest BCUT2D eigenvalue weighted by atomic mass is 10.2. The third-order valence-corrected chi connectivity index (χ3v) is 7.32. The molecule has 0 aliphatic heterocycles. The van der Waals surface area contributed by atoms with Crippen molar-refractivity contribution in [2.24, 2.45) is 5.73 Å². The fourth-order valence-corrected chi connectivity index (χ4v) is 5.48. The SMILES string of the molecule is COc1cccc(OC)c1C(=O)P(=O)(CCCN)C(=O)c1c(OC)cccc1OC. The summed E-state index contributed by atoms with van der Waals surface area (Å²) in [6.07, 6.45) is 0.00720. The van der Waals surface area contributed by atoms with Gasteiger partial charge in [0.25, 0.3) is 0 Å². The summed E-state index contributed by atoms with van der Waals surface area (Å²) < 4.78 is 35.2. The number of nitrogens with two attached hydrogens (primary N) is 1. The number of carbonyl (C=O) groups excluding carboxylic acids is 2. The Labute approximate surface area is 175 Å². The highest BCUT2D eigenvalue weighted by molar-refractivity contribution is 7.95. The first kappa shape index (κ1) is 23.4. The Morgan fingerprint density at radius 1 is 0.767 bits per heavy atom. The fourth-order valence-electron chi connectivity index (χ4n) is 3.09. The quantitative estimate of drug-likeness (QED) is 0.534. The van der Waals surface area contributed by atoms with Gasteiger partial charge < -0.3 is 29.2 Å². The van der Waals surface area contributed by atoms with Crippen molar-refractivity contribution in [1.29, 1.82) is 0 Å². The lowest BCUT2D eigenvalue weighted by Crippen LogP contribution is -2.18. The van der Waals surface area contributed by atoms with Gasteiger partial charge in [-0.3, -0.25) is 9.59 Å². The van der Waals surface area contributed by atoms with Crippen LogP contribution in [0.25, 0.3) is 0 Å². The zero-order valence-corrected chi connectivity index (χ0v) is 18.4. The van der Waals surface area contributed by atoms with E-state index in [4.69, 9.17) is 24.7 Å². The smallest absolute Gasteiger partial charge is 0.236 e. The van der Waals surface area contributed by atoms with Crippen LogP contribution >= 0.6 is 7.14 Å². The van der Waals surface area contributed by atoms with E-state index >= 15 is 0 Å². The summed E-state index contributed by atoms with van der Waals surface area (Å²) in [6.45, 7) is 0.163. The molecule has 0 atom stereocenters. The molecule has 0 aliphatic carbocycles. The van der Waals surface area contributed by atoms with E-state index in [0.717, 1.165) is 0 Å². The van der Waals surface area contributed by atoms with Gasteiger partial charge in [-0.05, 0) is 37.2 Å². The van der Waals surface area contributed by atoms with Crippen molar-refractivity contribution in [2.75, 3.05) is 41.1 Å². The second kappa shape index (κ2) is 10.3. The van der Waals surface area contributed by atoms with Gasteiger partial charge in [0, 0.05) is 6.16 Å². The first-order valence-corrected chi connectivity index (χ1v) is 11.1. The minimum Gasteiger partial charge on any atom is -0.496 e. The molecule has 0 amide bonds. The molecule has 9 heteroatoms. The van der Waals surface area contributed by atoms with Crippen LogP contribution in [0, 0.1) is 0 Å². The van der Waals surface area contributed by atoms with Gasteiger partial charge in [0.05, 0.1) is 28.4 Å². The first-order valence-electron chi connectivity index (χ1n) is 9.20. The predicted octanol–water partition coefficient (Wildman–Crippen LogP) is 3.41. The lowest BCUT2D eigenvalue weighted by molar-refractivity contribution is 0.103. The van der Waals surface area contributed by atoms with Crippen LogP contribution in [0.1, 0.15) is 27.1 Å². The maximum atomic E-state index is 14.1. The predicted molar refractivity (Wildman–Crippen MR) is 114 cm³/mol. The second-order valence-corrected chi connectivity index (χ2v) is 9.03. The molecule has 0 saturated heterocycles. The van der Waals surface area contributed by atoms with E-state index in [1.54, 1.807) is 12.1 Å². The Hall–Kier alpha value is -2.83. The minimum absolute atomic E-state index is 0.0509. The summed E-state index contributed by atoms with van der Waals surface area (Å²) in [5.41, 5.74) is 3.78. The molecule has 162 valence electrons. The summed E-state index contributed by atoms with van der Waals surface area (Å²) >= 11 is 0. The van der Waals surface area contributed by atoms with E-state index in [0.29, 0.717) is 0 Å². The van der Waals surface area contributed by atoms with Crippen molar-refractivity contribution in [2.45, 2.75) is 6.42 Å². The molecule has 0 radical (unpaired) electrons. The van der Waals surface area contributed by atoms with Gasteiger partial charge in [-0.1, -0.05) is 12.1 Å². The number of hydrogen-bond donors (Lipinski definition) is 1. The third kappa shape index (κ3) is 4.35. The highest BCUT2D eigenvalue weighted by atomic mass is 31.2. The van der Waals surface area contributed by atoms with Crippen LogP contribution < -0.4 is 24.7 Å². The molecule has 2 N–H and O–H groups in total. The number of methoxy groups -OCH3 is 4. The molecular weight excluding hydrogens is 409 g/mol. The van der Waals surface area contributed by atoms with E-state index in [-0.39, 0.29) is 53.3 Å². The fraction of sp³-hybridized carbons (Fsp3) is 0.333. The van der Waals surface area contributed by atoms with Crippen molar-refractivity contribution in [3.8, 4) is 23.0 Å². The molecule has 0 heterocycles. The second-order valence-electron chi connectivity index (χ2n) is 6.29. The van der Waals surface area contributed by atoms with Gasteiger partial charge in [-0.2, -0.15) is 0 Å². The van der Waals surface area contributed by atoms with Gasteiger partial charge in [0.2, 0.25) is 18.2 Å². The van der Waals surface area contributed by atoms with Gasteiger partial charge in [-0.15, -0.1) is 0 Å². The van der Waals surface area contributed by atoms with E-state index in [2.05, 4.69) is 0 Å². The van der Waals surface area contributed by atoms with E-state index in [1.165, 1.54) is 52.7 Å². The van der Waals surface area contributed by atoms with E-state index in [9.17, 15) is 14.2 Å². The molecule has 8 nitrogen and oxygen atoms in total. The Kier molecular flexibility index (Phi) is 8.03. The lowest BCUT2D eigenvalue weighted by Gasteiger charge is -2.21. The average Bonchev–Trinajstić information content (AvgIpc) is 2.79. The standard InChI is InChI=1S/C21H26NO7P/c1-26-14-8-5-9-15(27-2)18(14)20(23)30(25,13-7-12-22)21(24)19-16(28-3)10-6-11-17(19)29-4/h5-6,8-11H,7,12-13,22H2,1-4H3. The molecule has 30 heavy (non-hydrogen) atoms. The van der Waals surface area contributed by atoms with Crippen LogP contribution in [0.3, 0.4) is 0 Å². The number of carbonyl (C=O) groups is 2. The molecule has 0 aromatic heterocycles. The van der Waals surface area contributed by atoms with E-state index in [1.807, 2.05) is 0 Å². The highest BCUT2D eigenvalue weighted by Crippen LogP contribution is 2.56. The van der Waals surface area contributed by atoms with Crippen molar-refractivity contribution in [3.05, 3.63) is 47.5 Å². The molecule has 2 aromatic rings. The van der Waals surface area contributed by atoms with Crippen LogP contribution in [-0.4, -0.2) is 52.2 Å². The van der Waals surface area contributed by atoms with Crippen molar-refractivity contribution >= 4 is 18.2 Å². The number of ether oxygens (including phenoxy) is 4. The van der Waals surface area contributed by atoms with Crippen LogP contribution in [0.2, 0.25) is 0 Å². The zero-order chi connectivity index (χ0) is 22.3. The summed E-state index contributed by atoms with van der Waals surface area (Å²) in [5.74, 6) is 0.637. The van der Waals surface area contributed by atoms with Crippen LogP contribution in [0.5, 0.6) is 23.0 Å². The van der Waals surface area contributed by atoms with Gasteiger partial charge in [-0.25, -0.2) is 0 Å². The Balaban J connectivity index is 2.73. The highest BCUT2D eigenvalue weighted by Gasteiger charge is 2.44. The molecule has 0 fully saturated rings. The Morgan fingerprint density at radius 3 is 1.37 bits per heavy atom. The van der Waals surface area contributed by atoms with E-state index < -0.39 is 18.2 Å². The number of rotatable bonds is 11. The van der Waals surface area contributed by atoms with Crippen LogP contribution in [-0.2, 0) is 4.57 Å². The van der Waals surface area contributed by atoms with Gasteiger partial charge in [0.15, 0.2) is 0 Å². The molecule has 0 saturated carbocycles. The average molecular weight is 435 g/mol. The molecular formula is C21H26NO7P. The van der Waals surface area contributed by atoms with Crippen LogP contribution in [0.4, 0.5) is 0 Å². The number of hydrogen-bond acceptors (Lipinski definition) is 8. The number of benzene rings is 2. The van der Waals surface area contributed by atoms with Gasteiger partial charge in [0.1, 0.15) is 34.1 Å². The monoisotopic (exact) mass is 435 g/mol. The van der Waals surface area contributed by atoms with Crippen molar-refractivity contribution in [1.82, 2.24) is 0 Å². The normalized spacial score (nSPS) is 11.0. The molecule has 0 unspecified atom stereocenters. The largest absolute Gasteiger partial charge is 0.496 e. The summed E-state index contributed by atoms with van der Waals surface area (Å²) in [6, 6.07) is 9.41. The van der Waals surface area contributed by atoms with Gasteiger partial charge >= 0.3 is 0 Å². The first-order chi connectivity index (χ1) is 14.4. The molecule has 0 bridgehead atoms. The Morgan fingerprint density at radius 2 is 1.10 bits per heavy atom. The zero-order valence-electron chi connectivity index (χ0n) is 17.5. The Bertz CT molecular complexity index is 858. The summed E-state index contributed by atoms with van der Waals surface area (Å²) in [5, 5.41) is 0. The van der Waals surface area contributed by atoms with Crippen molar-refractivity contribution in [3.63, 3.8) is 0 Å². The van der Waals surface area contributed by atoms with Crippen molar-refractivity contribution < 1.29 is 33.1 Å². The molecule has 0 aliphatic rings. The summed E-state index contributed by atoms with van der Waals surface area (Å²) in [7, 11) is 1.31. The topological polar surface area (TPSA) is 114 Å². The van der Waals surface area contributed by atoms with Crippen LogP contribution in [0.15, 0.2) is 36.4 Å². The molecule has 2 rings (SSSR count).